The van der Waals surface area contributed by atoms with Crippen LogP contribution in [0.25, 0.3) is 0 Å². The van der Waals surface area contributed by atoms with Crippen molar-refractivity contribution in [3.8, 4) is 11.5 Å². The highest BCUT2D eigenvalue weighted by Crippen LogP contribution is 2.40. The summed E-state index contributed by atoms with van der Waals surface area (Å²) in [6.07, 6.45) is 1.44. The molecule has 0 atom stereocenters. The van der Waals surface area contributed by atoms with E-state index in [4.69, 9.17) is 5.73 Å². The number of hydrogen-bond donors (Lipinski definition) is 4. The van der Waals surface area contributed by atoms with E-state index in [1.165, 1.54) is 12.3 Å². The molecule has 0 unspecified atom stereocenters. The highest BCUT2D eigenvalue weighted by Gasteiger charge is 2.12. The first-order valence-electron chi connectivity index (χ1n) is 6.44. The number of hydrogen-bond acceptors (Lipinski definition) is 5. The molecule has 0 aliphatic carbocycles. The Bertz CT molecular complexity index is 762. The van der Waals surface area contributed by atoms with Crippen LogP contribution in [0.5, 0.6) is 11.5 Å². The molecule has 0 radical (unpaired) electrons. The lowest BCUT2D eigenvalue weighted by molar-refractivity contribution is -0.120. The SMILES string of the molecule is Nc1ccc(CC(=O)N/N=C\c2cc(Br)c(O)c(Br)c2O)cc1. The van der Waals surface area contributed by atoms with E-state index < -0.39 is 0 Å². The minimum Gasteiger partial charge on any atom is -0.506 e. The van der Waals surface area contributed by atoms with Crippen molar-refractivity contribution in [2.24, 2.45) is 5.10 Å². The zero-order valence-electron chi connectivity index (χ0n) is 11.8. The standard InChI is InChI=1S/C15H13Br2N3O3/c16-11-6-9(14(22)13(17)15(11)23)7-19-20-12(21)5-8-1-3-10(18)4-2-8/h1-4,6-7,22-23H,5,18H2,(H,20,21)/b19-7-. The number of amides is 1. The quantitative estimate of drug-likeness (QED) is 0.331. The number of nitrogens with one attached hydrogen (secondary N) is 1. The molecule has 120 valence electrons. The molecule has 23 heavy (non-hydrogen) atoms. The third-order valence-corrected chi connectivity index (χ3v) is 4.29. The van der Waals surface area contributed by atoms with Gasteiger partial charge in [-0.1, -0.05) is 12.1 Å². The Morgan fingerprint density at radius 2 is 1.87 bits per heavy atom. The van der Waals surface area contributed by atoms with Gasteiger partial charge < -0.3 is 15.9 Å². The summed E-state index contributed by atoms with van der Waals surface area (Å²) in [7, 11) is 0. The molecule has 8 heteroatoms. The van der Waals surface area contributed by atoms with E-state index in [0.29, 0.717) is 15.7 Å². The van der Waals surface area contributed by atoms with Crippen molar-refractivity contribution in [2.45, 2.75) is 6.42 Å². The lowest BCUT2D eigenvalue weighted by Crippen LogP contribution is -2.19. The molecule has 2 aromatic rings. The number of rotatable bonds is 4. The Labute approximate surface area is 149 Å². The summed E-state index contributed by atoms with van der Waals surface area (Å²) in [5, 5.41) is 23.3. The fraction of sp³-hybridized carbons (Fsp3) is 0.0667. The second kappa shape index (κ2) is 7.47. The monoisotopic (exact) mass is 441 g/mol. The first-order valence-corrected chi connectivity index (χ1v) is 8.03. The summed E-state index contributed by atoms with van der Waals surface area (Å²) < 4.78 is 0.526. The molecule has 0 heterocycles. The van der Waals surface area contributed by atoms with Gasteiger partial charge in [0.15, 0.2) is 0 Å². The van der Waals surface area contributed by atoms with Gasteiger partial charge in [0.2, 0.25) is 5.91 Å². The Hall–Kier alpha value is -2.06. The summed E-state index contributed by atoms with van der Waals surface area (Å²) in [5.74, 6) is -0.600. The maximum atomic E-state index is 11.8. The molecule has 0 saturated carbocycles. The van der Waals surface area contributed by atoms with Crippen LogP contribution in [0, 0.1) is 0 Å². The van der Waals surface area contributed by atoms with E-state index in [9.17, 15) is 15.0 Å². The fourth-order valence-corrected chi connectivity index (χ4v) is 2.90. The van der Waals surface area contributed by atoms with Crippen LogP contribution >= 0.6 is 31.9 Å². The zero-order chi connectivity index (χ0) is 17.0. The third-order valence-electron chi connectivity index (χ3n) is 2.93. The van der Waals surface area contributed by atoms with E-state index in [1.54, 1.807) is 24.3 Å². The average molecular weight is 443 g/mol. The summed E-state index contributed by atoms with van der Waals surface area (Å²) >= 11 is 6.21. The number of halogens is 2. The number of hydrazone groups is 1. The largest absolute Gasteiger partial charge is 0.506 e. The Morgan fingerprint density at radius 3 is 2.52 bits per heavy atom. The van der Waals surface area contributed by atoms with Crippen LogP contribution in [0.3, 0.4) is 0 Å². The predicted molar refractivity (Wildman–Crippen MR) is 95.5 cm³/mol. The van der Waals surface area contributed by atoms with Gasteiger partial charge in [-0.05, 0) is 55.6 Å². The van der Waals surface area contributed by atoms with Crippen LogP contribution in [-0.2, 0) is 11.2 Å². The summed E-state index contributed by atoms with van der Waals surface area (Å²) in [4.78, 5) is 11.8. The molecule has 6 nitrogen and oxygen atoms in total. The molecule has 0 spiro atoms. The molecule has 5 N–H and O–H groups in total. The average Bonchev–Trinajstić information content (AvgIpc) is 2.52. The van der Waals surface area contributed by atoms with Crippen LogP contribution < -0.4 is 11.2 Å². The minimum absolute atomic E-state index is 0.118. The van der Waals surface area contributed by atoms with E-state index in [1.807, 2.05) is 0 Å². The maximum Gasteiger partial charge on any atom is 0.244 e. The van der Waals surface area contributed by atoms with Crippen molar-refractivity contribution in [3.63, 3.8) is 0 Å². The Morgan fingerprint density at radius 1 is 1.22 bits per heavy atom. The van der Waals surface area contributed by atoms with Gasteiger partial charge in [0.05, 0.1) is 17.1 Å². The van der Waals surface area contributed by atoms with Gasteiger partial charge in [0.25, 0.3) is 0 Å². The molecule has 2 aromatic carbocycles. The first kappa shape index (κ1) is 17.3. The molecule has 0 fully saturated rings. The number of aromatic hydroxyl groups is 2. The number of benzene rings is 2. The first-order chi connectivity index (χ1) is 10.9. The minimum atomic E-state index is -0.303. The van der Waals surface area contributed by atoms with Crippen molar-refractivity contribution < 1.29 is 15.0 Å². The summed E-state index contributed by atoms with van der Waals surface area (Å²) in [6.45, 7) is 0. The molecular weight excluding hydrogens is 430 g/mol. The molecule has 0 bridgehead atoms. The van der Waals surface area contributed by atoms with Gasteiger partial charge in [-0.15, -0.1) is 0 Å². The number of carbonyl (C=O) groups is 1. The van der Waals surface area contributed by atoms with Gasteiger partial charge in [0, 0.05) is 11.3 Å². The van der Waals surface area contributed by atoms with Gasteiger partial charge in [0.1, 0.15) is 16.0 Å². The fourth-order valence-electron chi connectivity index (χ4n) is 1.75. The molecular formula is C15H13Br2N3O3. The van der Waals surface area contributed by atoms with Gasteiger partial charge in [-0.2, -0.15) is 5.10 Å². The highest BCUT2D eigenvalue weighted by atomic mass is 79.9. The highest BCUT2D eigenvalue weighted by molar-refractivity contribution is 9.11. The van der Waals surface area contributed by atoms with Crippen LogP contribution in [-0.4, -0.2) is 22.3 Å². The predicted octanol–water partition coefficient (Wildman–Crippen LogP) is 2.90. The van der Waals surface area contributed by atoms with E-state index in [2.05, 4.69) is 42.4 Å². The normalized spacial score (nSPS) is 10.9. The lowest BCUT2D eigenvalue weighted by atomic mass is 10.1. The zero-order valence-corrected chi connectivity index (χ0v) is 14.9. The number of phenolic OH excluding ortho intramolecular Hbond substituents is 2. The van der Waals surface area contributed by atoms with Crippen molar-refractivity contribution >= 4 is 49.7 Å². The molecule has 0 aliphatic rings. The smallest absolute Gasteiger partial charge is 0.244 e. The van der Waals surface area contributed by atoms with Gasteiger partial charge in [-0.25, -0.2) is 5.43 Å². The second-order valence-corrected chi connectivity index (χ2v) is 6.32. The number of phenols is 2. The molecule has 0 aliphatic heterocycles. The Kier molecular flexibility index (Phi) is 5.62. The second-order valence-electron chi connectivity index (χ2n) is 4.67. The number of nitrogen functional groups attached to an aromatic ring is 1. The number of nitrogens with zero attached hydrogens (tertiary/aromatic N) is 1. The van der Waals surface area contributed by atoms with E-state index >= 15 is 0 Å². The van der Waals surface area contributed by atoms with Crippen molar-refractivity contribution in [3.05, 3.63) is 50.4 Å². The molecule has 0 aromatic heterocycles. The van der Waals surface area contributed by atoms with Crippen LogP contribution in [0.15, 0.2) is 44.4 Å². The summed E-state index contributed by atoms with van der Waals surface area (Å²) in [5.41, 5.74) is 9.72. The lowest BCUT2D eigenvalue weighted by Gasteiger charge is -2.06. The number of nitrogens with two attached hydrogens (primary N) is 1. The van der Waals surface area contributed by atoms with E-state index in [-0.39, 0.29) is 28.3 Å². The maximum absolute atomic E-state index is 11.8. The third kappa shape index (κ3) is 4.46. The topological polar surface area (TPSA) is 108 Å². The van der Waals surface area contributed by atoms with Crippen LogP contribution in [0.4, 0.5) is 5.69 Å². The number of anilines is 1. The van der Waals surface area contributed by atoms with Gasteiger partial charge >= 0.3 is 0 Å². The Balaban J connectivity index is 2.01. The van der Waals surface area contributed by atoms with Crippen LogP contribution in [0.1, 0.15) is 11.1 Å². The van der Waals surface area contributed by atoms with Crippen molar-refractivity contribution in [2.75, 3.05) is 5.73 Å². The van der Waals surface area contributed by atoms with Crippen molar-refractivity contribution in [1.82, 2.24) is 5.43 Å². The molecule has 0 saturated heterocycles. The summed E-state index contributed by atoms with van der Waals surface area (Å²) in [6, 6.07) is 8.44. The van der Waals surface area contributed by atoms with E-state index in [0.717, 1.165) is 5.56 Å². The van der Waals surface area contributed by atoms with Crippen LogP contribution in [0.2, 0.25) is 0 Å². The number of carbonyl (C=O) groups excluding carboxylic acids is 1. The molecule has 2 rings (SSSR count). The molecule has 1 amide bonds. The van der Waals surface area contributed by atoms with Gasteiger partial charge in [-0.3, -0.25) is 4.79 Å². The van der Waals surface area contributed by atoms with Crippen molar-refractivity contribution in [1.29, 1.82) is 0 Å².